The van der Waals surface area contributed by atoms with Crippen LogP contribution in [0.25, 0.3) is 11.0 Å². The zero-order valence-corrected chi connectivity index (χ0v) is 12.2. The first kappa shape index (κ1) is 13.2. The molecule has 0 bridgehead atoms. The maximum atomic E-state index is 11.7. The van der Waals surface area contributed by atoms with Crippen LogP contribution in [0.3, 0.4) is 0 Å². The molecular formula is C14H21N5O. The fraction of sp³-hybridized carbons (Fsp3) is 0.571. The number of fused-ring (bicyclic) bond motifs is 1. The number of hydrogen-bond donors (Lipinski definition) is 1. The highest BCUT2D eigenvalue weighted by Gasteiger charge is 2.25. The lowest BCUT2D eigenvalue weighted by Gasteiger charge is -2.39. The SMILES string of the molecule is CC[C@@H]1CN(n2cc3c(ccc(=O)n3C)n2)[C@@H](C)CN1. The highest BCUT2D eigenvalue weighted by molar-refractivity contribution is 5.73. The number of aryl methyl sites for hydroxylation is 1. The zero-order valence-electron chi connectivity index (χ0n) is 12.2. The Morgan fingerprint density at radius 3 is 3.00 bits per heavy atom. The smallest absolute Gasteiger partial charge is 0.250 e. The van der Waals surface area contributed by atoms with Crippen molar-refractivity contribution >= 4 is 11.0 Å². The molecule has 0 aromatic carbocycles. The van der Waals surface area contributed by atoms with Gasteiger partial charge in [-0.25, -0.2) is 0 Å². The van der Waals surface area contributed by atoms with Crippen molar-refractivity contribution < 1.29 is 0 Å². The minimum Gasteiger partial charge on any atom is -0.310 e. The molecule has 6 nitrogen and oxygen atoms in total. The first-order chi connectivity index (χ1) is 9.60. The monoisotopic (exact) mass is 275 g/mol. The van der Waals surface area contributed by atoms with Crippen molar-refractivity contribution in [1.82, 2.24) is 19.8 Å². The minimum absolute atomic E-state index is 0.00292. The van der Waals surface area contributed by atoms with Gasteiger partial charge in [0.1, 0.15) is 5.52 Å². The van der Waals surface area contributed by atoms with Crippen LogP contribution < -0.4 is 15.9 Å². The number of nitrogens with one attached hydrogen (secondary N) is 1. The number of hydrogen-bond acceptors (Lipinski definition) is 4. The Morgan fingerprint density at radius 2 is 2.25 bits per heavy atom. The summed E-state index contributed by atoms with van der Waals surface area (Å²) in [6, 6.07) is 4.22. The van der Waals surface area contributed by atoms with Gasteiger partial charge in [0.25, 0.3) is 5.56 Å². The van der Waals surface area contributed by atoms with E-state index >= 15 is 0 Å². The van der Waals surface area contributed by atoms with Crippen LogP contribution in [0.4, 0.5) is 0 Å². The number of piperazine rings is 1. The van der Waals surface area contributed by atoms with Gasteiger partial charge in [-0.3, -0.25) is 9.80 Å². The van der Waals surface area contributed by atoms with E-state index in [4.69, 9.17) is 0 Å². The highest BCUT2D eigenvalue weighted by atomic mass is 16.1. The molecule has 1 N–H and O–H groups in total. The van der Waals surface area contributed by atoms with Gasteiger partial charge < -0.3 is 9.88 Å². The standard InChI is InChI=1S/C14H21N5O/c1-4-11-8-18(10(2)7-15-11)19-9-13-12(16-19)5-6-14(20)17(13)3/h5-6,9-11,15H,4,7-8H2,1-3H3/t10-,11+/m0/s1. The summed E-state index contributed by atoms with van der Waals surface area (Å²) in [5.41, 5.74) is 1.72. The predicted octanol–water partition coefficient (Wildman–Crippen LogP) is 0.443. The molecule has 2 atom stereocenters. The number of pyridine rings is 1. The van der Waals surface area contributed by atoms with E-state index in [9.17, 15) is 4.79 Å². The molecule has 1 saturated heterocycles. The van der Waals surface area contributed by atoms with Crippen molar-refractivity contribution in [3.8, 4) is 0 Å². The lowest BCUT2D eigenvalue weighted by atomic mass is 10.1. The Kier molecular flexibility index (Phi) is 3.25. The summed E-state index contributed by atoms with van der Waals surface area (Å²) in [4.78, 5) is 13.6. The normalized spacial score (nSPS) is 23.4. The van der Waals surface area contributed by atoms with Crippen LogP contribution in [0.15, 0.2) is 23.1 Å². The van der Waals surface area contributed by atoms with Gasteiger partial charge >= 0.3 is 0 Å². The second-order valence-corrected chi connectivity index (χ2v) is 5.54. The second-order valence-electron chi connectivity index (χ2n) is 5.54. The van der Waals surface area contributed by atoms with E-state index in [-0.39, 0.29) is 5.56 Å². The van der Waals surface area contributed by atoms with Gasteiger partial charge in [0.15, 0.2) is 0 Å². The average Bonchev–Trinajstić information content (AvgIpc) is 2.88. The molecule has 0 unspecified atom stereocenters. The van der Waals surface area contributed by atoms with Gasteiger partial charge in [-0.15, -0.1) is 0 Å². The van der Waals surface area contributed by atoms with Crippen molar-refractivity contribution in [2.45, 2.75) is 32.4 Å². The highest BCUT2D eigenvalue weighted by Crippen LogP contribution is 2.13. The predicted molar refractivity (Wildman–Crippen MR) is 79.6 cm³/mol. The third kappa shape index (κ3) is 2.10. The van der Waals surface area contributed by atoms with Crippen LogP contribution in [0.1, 0.15) is 20.3 Å². The summed E-state index contributed by atoms with van der Waals surface area (Å²) in [7, 11) is 1.78. The number of rotatable bonds is 2. The molecule has 1 aliphatic rings. The average molecular weight is 275 g/mol. The van der Waals surface area contributed by atoms with E-state index in [1.54, 1.807) is 23.7 Å². The van der Waals surface area contributed by atoms with Crippen LogP contribution in [0, 0.1) is 0 Å². The van der Waals surface area contributed by atoms with E-state index < -0.39 is 0 Å². The van der Waals surface area contributed by atoms with Crippen LogP contribution in [-0.2, 0) is 7.05 Å². The third-order valence-electron chi connectivity index (χ3n) is 4.16. The van der Waals surface area contributed by atoms with E-state index in [1.165, 1.54) is 0 Å². The maximum absolute atomic E-state index is 11.7. The van der Waals surface area contributed by atoms with Gasteiger partial charge in [-0.2, -0.15) is 9.89 Å². The molecule has 0 saturated carbocycles. The topological polar surface area (TPSA) is 55.1 Å². The fourth-order valence-corrected chi connectivity index (χ4v) is 2.73. The molecule has 1 fully saturated rings. The molecule has 6 heteroatoms. The molecule has 0 amide bonds. The van der Waals surface area contributed by atoms with Gasteiger partial charge in [-0.1, -0.05) is 6.92 Å². The second kappa shape index (κ2) is 4.94. The van der Waals surface area contributed by atoms with Crippen molar-refractivity contribution in [2.75, 3.05) is 18.1 Å². The summed E-state index contributed by atoms with van der Waals surface area (Å²) >= 11 is 0. The quantitative estimate of drug-likeness (QED) is 0.864. The molecule has 3 heterocycles. The maximum Gasteiger partial charge on any atom is 0.250 e. The summed E-state index contributed by atoms with van der Waals surface area (Å²) in [6.45, 7) is 6.26. The molecule has 20 heavy (non-hydrogen) atoms. The van der Waals surface area contributed by atoms with E-state index in [0.717, 1.165) is 30.5 Å². The van der Waals surface area contributed by atoms with Crippen LogP contribution in [0.5, 0.6) is 0 Å². The Hall–Kier alpha value is -1.82. The van der Waals surface area contributed by atoms with E-state index in [2.05, 4.69) is 29.3 Å². The van der Waals surface area contributed by atoms with E-state index in [0.29, 0.717) is 12.1 Å². The van der Waals surface area contributed by atoms with Crippen LogP contribution >= 0.6 is 0 Å². The molecule has 3 rings (SSSR count). The number of nitrogens with zero attached hydrogens (tertiary/aromatic N) is 4. The van der Waals surface area contributed by atoms with Crippen molar-refractivity contribution in [2.24, 2.45) is 7.05 Å². The number of aromatic nitrogens is 3. The molecule has 0 aliphatic carbocycles. The third-order valence-corrected chi connectivity index (χ3v) is 4.16. The lowest BCUT2D eigenvalue weighted by molar-refractivity contribution is 0.328. The largest absolute Gasteiger partial charge is 0.310 e. The van der Waals surface area contributed by atoms with Gasteiger partial charge in [0.2, 0.25) is 0 Å². The molecule has 108 valence electrons. The van der Waals surface area contributed by atoms with Gasteiger partial charge in [-0.05, 0) is 19.4 Å². The van der Waals surface area contributed by atoms with Gasteiger partial charge in [0, 0.05) is 25.7 Å². The first-order valence-electron chi connectivity index (χ1n) is 7.16. The lowest BCUT2D eigenvalue weighted by Crippen LogP contribution is -2.59. The summed E-state index contributed by atoms with van der Waals surface area (Å²) in [6.07, 6.45) is 3.05. The Balaban J connectivity index is 2.01. The van der Waals surface area contributed by atoms with Crippen molar-refractivity contribution in [3.05, 3.63) is 28.7 Å². The van der Waals surface area contributed by atoms with Crippen LogP contribution in [0.2, 0.25) is 0 Å². The minimum atomic E-state index is -0.00292. The van der Waals surface area contributed by atoms with E-state index in [1.807, 2.05) is 11.0 Å². The Labute approximate surface area is 118 Å². The zero-order chi connectivity index (χ0) is 14.3. The van der Waals surface area contributed by atoms with Gasteiger partial charge in [0.05, 0.1) is 24.3 Å². The molecule has 0 radical (unpaired) electrons. The molecule has 2 aromatic rings. The molecule has 0 spiro atoms. The molecular weight excluding hydrogens is 254 g/mol. The molecule has 2 aromatic heterocycles. The Morgan fingerprint density at radius 1 is 1.45 bits per heavy atom. The first-order valence-corrected chi connectivity index (χ1v) is 7.16. The summed E-state index contributed by atoms with van der Waals surface area (Å²) < 4.78 is 1.64. The summed E-state index contributed by atoms with van der Waals surface area (Å²) in [5.74, 6) is 0. The van der Waals surface area contributed by atoms with Crippen LogP contribution in [-0.4, -0.2) is 39.6 Å². The Bertz CT molecular complexity index is 674. The van der Waals surface area contributed by atoms with Crippen molar-refractivity contribution in [3.63, 3.8) is 0 Å². The summed E-state index contributed by atoms with van der Waals surface area (Å²) in [5, 5.41) is 10.4. The fourth-order valence-electron chi connectivity index (χ4n) is 2.73. The molecule has 1 aliphatic heterocycles. The van der Waals surface area contributed by atoms with Crippen molar-refractivity contribution in [1.29, 1.82) is 0 Å².